The SMILES string of the molecule is CCOCCC(O)Cc1ccc(C)c(C)c1. The lowest BCUT2D eigenvalue weighted by molar-refractivity contribution is 0.0887. The molecule has 0 aliphatic carbocycles. The summed E-state index contributed by atoms with van der Waals surface area (Å²) in [7, 11) is 0. The summed E-state index contributed by atoms with van der Waals surface area (Å²) in [4.78, 5) is 0. The minimum absolute atomic E-state index is 0.298. The molecule has 1 atom stereocenters. The van der Waals surface area contributed by atoms with Crippen molar-refractivity contribution >= 4 is 0 Å². The molecule has 0 aromatic heterocycles. The Bertz CT molecular complexity index is 321. The van der Waals surface area contributed by atoms with Crippen molar-refractivity contribution in [3.63, 3.8) is 0 Å². The van der Waals surface area contributed by atoms with Crippen LogP contribution in [0, 0.1) is 13.8 Å². The second-order valence-corrected chi connectivity index (χ2v) is 4.26. The molecule has 0 radical (unpaired) electrons. The molecule has 1 rings (SSSR count). The van der Waals surface area contributed by atoms with Crippen molar-refractivity contribution in [3.05, 3.63) is 34.9 Å². The van der Waals surface area contributed by atoms with Gasteiger partial charge in [0, 0.05) is 13.2 Å². The van der Waals surface area contributed by atoms with Crippen molar-refractivity contribution in [3.8, 4) is 0 Å². The zero-order chi connectivity index (χ0) is 12.0. The summed E-state index contributed by atoms with van der Waals surface area (Å²) in [5.74, 6) is 0. The summed E-state index contributed by atoms with van der Waals surface area (Å²) in [5.41, 5.74) is 3.79. The highest BCUT2D eigenvalue weighted by Gasteiger charge is 2.06. The minimum Gasteiger partial charge on any atom is -0.393 e. The van der Waals surface area contributed by atoms with Gasteiger partial charge in [-0.25, -0.2) is 0 Å². The molecule has 0 bridgehead atoms. The van der Waals surface area contributed by atoms with Crippen LogP contribution in [0.2, 0.25) is 0 Å². The fourth-order valence-electron chi connectivity index (χ4n) is 1.67. The first-order chi connectivity index (χ1) is 7.63. The van der Waals surface area contributed by atoms with Crippen LogP contribution < -0.4 is 0 Å². The van der Waals surface area contributed by atoms with Crippen LogP contribution in [0.25, 0.3) is 0 Å². The van der Waals surface area contributed by atoms with Crippen molar-refractivity contribution in [2.45, 2.75) is 39.7 Å². The molecule has 0 saturated heterocycles. The topological polar surface area (TPSA) is 29.5 Å². The fraction of sp³-hybridized carbons (Fsp3) is 0.571. The minimum atomic E-state index is -0.298. The summed E-state index contributed by atoms with van der Waals surface area (Å²) in [6.45, 7) is 7.53. The molecule has 16 heavy (non-hydrogen) atoms. The highest BCUT2D eigenvalue weighted by molar-refractivity contribution is 5.30. The zero-order valence-corrected chi connectivity index (χ0v) is 10.5. The molecule has 0 aliphatic heterocycles. The van der Waals surface area contributed by atoms with E-state index in [2.05, 4.69) is 32.0 Å². The molecule has 2 heteroatoms. The van der Waals surface area contributed by atoms with Gasteiger partial charge in [-0.2, -0.15) is 0 Å². The summed E-state index contributed by atoms with van der Waals surface area (Å²) in [5, 5.41) is 9.81. The van der Waals surface area contributed by atoms with Gasteiger partial charge >= 0.3 is 0 Å². The van der Waals surface area contributed by atoms with E-state index in [4.69, 9.17) is 4.74 Å². The molecule has 1 N–H and O–H groups in total. The van der Waals surface area contributed by atoms with Crippen LogP contribution in [0.1, 0.15) is 30.0 Å². The Labute approximate surface area is 98.3 Å². The molecule has 1 unspecified atom stereocenters. The van der Waals surface area contributed by atoms with E-state index in [9.17, 15) is 5.11 Å². The van der Waals surface area contributed by atoms with Gasteiger partial charge in [-0.15, -0.1) is 0 Å². The van der Waals surface area contributed by atoms with Gasteiger partial charge in [0.1, 0.15) is 0 Å². The van der Waals surface area contributed by atoms with Crippen LogP contribution >= 0.6 is 0 Å². The summed E-state index contributed by atoms with van der Waals surface area (Å²) < 4.78 is 5.22. The van der Waals surface area contributed by atoms with E-state index in [-0.39, 0.29) is 6.10 Å². The fourth-order valence-corrected chi connectivity index (χ4v) is 1.67. The van der Waals surface area contributed by atoms with E-state index >= 15 is 0 Å². The lowest BCUT2D eigenvalue weighted by Gasteiger charge is -2.11. The van der Waals surface area contributed by atoms with Gasteiger partial charge in [0.25, 0.3) is 0 Å². The summed E-state index contributed by atoms with van der Waals surface area (Å²) in [6, 6.07) is 6.35. The van der Waals surface area contributed by atoms with Crippen LogP contribution in [0.15, 0.2) is 18.2 Å². The number of aliphatic hydroxyl groups is 1. The molecule has 0 amide bonds. The molecule has 0 spiro atoms. The first-order valence-electron chi connectivity index (χ1n) is 5.95. The maximum atomic E-state index is 9.81. The quantitative estimate of drug-likeness (QED) is 0.750. The van der Waals surface area contributed by atoms with Crippen LogP contribution in [-0.2, 0) is 11.2 Å². The molecule has 2 nitrogen and oxygen atoms in total. The Morgan fingerprint density at radius 2 is 2.00 bits per heavy atom. The van der Waals surface area contributed by atoms with Crippen molar-refractivity contribution in [1.82, 2.24) is 0 Å². The van der Waals surface area contributed by atoms with Crippen molar-refractivity contribution < 1.29 is 9.84 Å². The molecular formula is C14H22O2. The lowest BCUT2D eigenvalue weighted by Crippen LogP contribution is -2.13. The van der Waals surface area contributed by atoms with E-state index in [1.807, 2.05) is 6.92 Å². The van der Waals surface area contributed by atoms with E-state index in [0.717, 1.165) is 6.61 Å². The number of aryl methyl sites for hydroxylation is 2. The number of hydrogen-bond donors (Lipinski definition) is 1. The highest BCUT2D eigenvalue weighted by atomic mass is 16.5. The Balaban J connectivity index is 2.43. The predicted molar refractivity (Wildman–Crippen MR) is 66.7 cm³/mol. The third-order valence-corrected chi connectivity index (χ3v) is 2.84. The number of ether oxygens (including phenoxy) is 1. The van der Waals surface area contributed by atoms with Gasteiger partial charge in [-0.1, -0.05) is 18.2 Å². The second kappa shape index (κ2) is 6.66. The first-order valence-corrected chi connectivity index (χ1v) is 5.95. The Kier molecular flexibility index (Phi) is 5.50. The second-order valence-electron chi connectivity index (χ2n) is 4.26. The van der Waals surface area contributed by atoms with Crippen LogP contribution in [0.3, 0.4) is 0 Å². The number of aliphatic hydroxyl groups excluding tert-OH is 1. The molecule has 1 aromatic carbocycles. The highest BCUT2D eigenvalue weighted by Crippen LogP contribution is 2.12. The Hall–Kier alpha value is -0.860. The van der Waals surface area contributed by atoms with E-state index in [1.54, 1.807) is 0 Å². The van der Waals surface area contributed by atoms with Gasteiger partial charge in [-0.05, 0) is 50.3 Å². The normalized spacial score (nSPS) is 12.8. The van der Waals surface area contributed by atoms with Gasteiger partial charge in [-0.3, -0.25) is 0 Å². The van der Waals surface area contributed by atoms with Gasteiger partial charge in [0.2, 0.25) is 0 Å². The molecule has 0 heterocycles. The van der Waals surface area contributed by atoms with Crippen molar-refractivity contribution in [2.75, 3.05) is 13.2 Å². The van der Waals surface area contributed by atoms with E-state index in [1.165, 1.54) is 16.7 Å². The number of benzene rings is 1. The number of hydrogen-bond acceptors (Lipinski definition) is 2. The third-order valence-electron chi connectivity index (χ3n) is 2.84. The maximum Gasteiger partial charge on any atom is 0.0602 e. The molecule has 0 aliphatic rings. The van der Waals surface area contributed by atoms with Crippen LogP contribution in [-0.4, -0.2) is 24.4 Å². The third kappa shape index (κ3) is 4.33. The average molecular weight is 222 g/mol. The van der Waals surface area contributed by atoms with Crippen LogP contribution in [0.4, 0.5) is 0 Å². The Morgan fingerprint density at radius 3 is 2.62 bits per heavy atom. The largest absolute Gasteiger partial charge is 0.393 e. The predicted octanol–water partition coefficient (Wildman–Crippen LogP) is 2.63. The smallest absolute Gasteiger partial charge is 0.0602 e. The average Bonchev–Trinajstić information content (AvgIpc) is 2.24. The number of rotatable bonds is 6. The maximum absolute atomic E-state index is 9.81. The van der Waals surface area contributed by atoms with Gasteiger partial charge < -0.3 is 9.84 Å². The van der Waals surface area contributed by atoms with Crippen molar-refractivity contribution in [2.24, 2.45) is 0 Å². The van der Waals surface area contributed by atoms with Crippen molar-refractivity contribution in [1.29, 1.82) is 0 Å². The van der Waals surface area contributed by atoms with E-state index < -0.39 is 0 Å². The molecule has 90 valence electrons. The monoisotopic (exact) mass is 222 g/mol. The first kappa shape index (κ1) is 13.2. The van der Waals surface area contributed by atoms with Crippen LogP contribution in [0.5, 0.6) is 0 Å². The molecule has 0 fully saturated rings. The zero-order valence-electron chi connectivity index (χ0n) is 10.5. The van der Waals surface area contributed by atoms with E-state index in [0.29, 0.717) is 19.4 Å². The summed E-state index contributed by atoms with van der Waals surface area (Å²) >= 11 is 0. The van der Waals surface area contributed by atoms with Gasteiger partial charge in [0.05, 0.1) is 6.10 Å². The van der Waals surface area contributed by atoms with Gasteiger partial charge in [0.15, 0.2) is 0 Å². The standard InChI is InChI=1S/C14H22O2/c1-4-16-8-7-14(15)10-13-6-5-11(2)12(3)9-13/h5-6,9,14-15H,4,7-8,10H2,1-3H3. The summed E-state index contributed by atoms with van der Waals surface area (Å²) in [6.07, 6.45) is 1.13. The Morgan fingerprint density at radius 1 is 1.25 bits per heavy atom. The molecular weight excluding hydrogens is 200 g/mol. The lowest BCUT2D eigenvalue weighted by atomic mass is 10.0. The molecule has 1 aromatic rings. The molecule has 0 saturated carbocycles.